The van der Waals surface area contributed by atoms with Gasteiger partial charge in [-0.3, -0.25) is 14.4 Å². The molecule has 0 aliphatic heterocycles. The molecular weight excluding hydrogens is 615 g/mol. The molecule has 3 aromatic rings. The van der Waals surface area contributed by atoms with E-state index in [1.54, 1.807) is 42.5 Å². The first kappa shape index (κ1) is 29.4. The number of hydrazone groups is 1. The molecule has 0 spiro atoms. The van der Waals surface area contributed by atoms with Gasteiger partial charge < -0.3 is 24.8 Å². The molecule has 0 aromatic heterocycles. The monoisotopic (exact) mass is 644 g/mol. The lowest BCUT2D eigenvalue weighted by Crippen LogP contribution is -2.32. The van der Waals surface area contributed by atoms with E-state index in [4.69, 9.17) is 14.2 Å². The van der Waals surface area contributed by atoms with Crippen LogP contribution in [0.15, 0.2) is 65.8 Å². The van der Waals surface area contributed by atoms with Crippen LogP contribution < -0.4 is 30.3 Å². The van der Waals surface area contributed by atoms with Crippen molar-refractivity contribution in [2.45, 2.75) is 20.8 Å². The number of amides is 3. The Hall–Kier alpha value is -4.13. The number of ether oxygens (including phenoxy) is 3. The van der Waals surface area contributed by atoms with Gasteiger partial charge in [-0.1, -0.05) is 24.3 Å². The lowest BCUT2D eigenvalue weighted by molar-refractivity contribution is -0.136. The fraction of sp³-hybridized carbons (Fsp3) is 0.214. The van der Waals surface area contributed by atoms with Gasteiger partial charge in [0.05, 0.1) is 28.7 Å². The molecule has 0 aliphatic carbocycles. The van der Waals surface area contributed by atoms with Crippen LogP contribution in [0.5, 0.6) is 17.2 Å². The highest BCUT2D eigenvalue weighted by Crippen LogP contribution is 2.34. The lowest BCUT2D eigenvalue weighted by atomic mass is 10.2. The van der Waals surface area contributed by atoms with Crippen molar-refractivity contribution >= 4 is 57.9 Å². The number of aryl methyl sites for hydroxylation is 1. The first-order valence-corrected chi connectivity index (χ1v) is 13.2. The number of hydrogen-bond donors (Lipinski definition) is 3. The van der Waals surface area contributed by atoms with E-state index in [1.807, 2.05) is 39.0 Å². The molecule has 3 rings (SSSR count). The van der Waals surface area contributed by atoms with Crippen molar-refractivity contribution in [2.75, 3.05) is 30.5 Å². The van der Waals surface area contributed by atoms with Crippen LogP contribution in [-0.4, -0.2) is 43.8 Å². The van der Waals surface area contributed by atoms with Crippen molar-refractivity contribution in [1.29, 1.82) is 0 Å². The average Bonchev–Trinajstić information content (AvgIpc) is 2.89. The van der Waals surface area contributed by atoms with Gasteiger partial charge in [0.1, 0.15) is 5.75 Å². The topological polar surface area (TPSA) is 127 Å². The zero-order valence-corrected chi connectivity index (χ0v) is 23.9. The standard InChI is InChI=1S/C28H29IN4O6/c1-4-37-23-12-7-6-11-22(23)32-27(35)28(36)33-30-16-19-14-21(29)26(24(15-19)38-5-2)39-17-25(34)31-20-10-8-9-18(3)13-20/h6-16H,4-5,17H2,1-3H3,(H,31,34)(H,32,35)(H,33,36)/b30-16-. The molecule has 10 nitrogen and oxygen atoms in total. The second kappa shape index (κ2) is 14.7. The molecule has 0 saturated carbocycles. The van der Waals surface area contributed by atoms with Crippen LogP contribution in [0.4, 0.5) is 11.4 Å². The maximum absolute atomic E-state index is 12.4. The maximum Gasteiger partial charge on any atom is 0.329 e. The summed E-state index contributed by atoms with van der Waals surface area (Å²) in [6, 6.07) is 17.7. The molecule has 3 N–H and O–H groups in total. The summed E-state index contributed by atoms with van der Waals surface area (Å²) in [4.78, 5) is 36.9. The second-order valence-corrected chi connectivity index (χ2v) is 9.21. The summed E-state index contributed by atoms with van der Waals surface area (Å²) in [5.41, 5.74) is 4.88. The summed E-state index contributed by atoms with van der Waals surface area (Å²) in [6.07, 6.45) is 1.37. The number of nitrogens with one attached hydrogen (secondary N) is 3. The Morgan fingerprint density at radius 1 is 0.872 bits per heavy atom. The van der Waals surface area contributed by atoms with Crippen LogP contribution in [0, 0.1) is 10.5 Å². The Morgan fingerprint density at radius 2 is 1.62 bits per heavy atom. The zero-order valence-electron chi connectivity index (χ0n) is 21.7. The lowest BCUT2D eigenvalue weighted by Gasteiger charge is -2.14. The molecule has 204 valence electrons. The Bertz CT molecular complexity index is 1360. The van der Waals surface area contributed by atoms with Gasteiger partial charge in [0.2, 0.25) is 0 Å². The van der Waals surface area contributed by atoms with Crippen LogP contribution in [0.2, 0.25) is 0 Å². The van der Waals surface area contributed by atoms with Crippen molar-refractivity contribution < 1.29 is 28.6 Å². The van der Waals surface area contributed by atoms with Crippen LogP contribution in [0.25, 0.3) is 0 Å². The molecule has 11 heteroatoms. The molecule has 3 amide bonds. The van der Waals surface area contributed by atoms with Gasteiger partial charge in [-0.2, -0.15) is 5.10 Å². The minimum Gasteiger partial charge on any atom is -0.492 e. The highest BCUT2D eigenvalue weighted by Gasteiger charge is 2.16. The van der Waals surface area contributed by atoms with E-state index in [2.05, 4.69) is 43.8 Å². The first-order valence-electron chi connectivity index (χ1n) is 12.1. The fourth-order valence-corrected chi connectivity index (χ4v) is 4.15. The SMILES string of the molecule is CCOc1ccccc1NC(=O)C(=O)N/N=C\c1cc(I)c(OCC(=O)Nc2cccc(C)c2)c(OCC)c1. The molecular formula is C28H29IN4O6. The number of benzene rings is 3. The van der Waals surface area contributed by atoms with Crippen LogP contribution in [0.1, 0.15) is 25.0 Å². The highest BCUT2D eigenvalue weighted by molar-refractivity contribution is 14.1. The summed E-state index contributed by atoms with van der Waals surface area (Å²) in [6.45, 7) is 6.15. The first-order chi connectivity index (χ1) is 18.8. The number of anilines is 2. The van der Waals surface area contributed by atoms with E-state index in [9.17, 15) is 14.4 Å². The van der Waals surface area contributed by atoms with Crippen molar-refractivity contribution in [1.82, 2.24) is 5.43 Å². The third-order valence-electron chi connectivity index (χ3n) is 5.00. The summed E-state index contributed by atoms with van der Waals surface area (Å²) in [5.74, 6) is -0.878. The highest BCUT2D eigenvalue weighted by atomic mass is 127. The molecule has 0 saturated heterocycles. The molecule has 39 heavy (non-hydrogen) atoms. The fourth-order valence-electron chi connectivity index (χ4n) is 3.37. The summed E-state index contributed by atoms with van der Waals surface area (Å²) in [5, 5.41) is 9.19. The Balaban J connectivity index is 1.62. The Morgan fingerprint density at radius 3 is 2.36 bits per heavy atom. The molecule has 0 bridgehead atoms. The van der Waals surface area contributed by atoms with Gasteiger partial charge in [0.25, 0.3) is 5.91 Å². The van der Waals surface area contributed by atoms with Crippen LogP contribution in [0.3, 0.4) is 0 Å². The largest absolute Gasteiger partial charge is 0.492 e. The van der Waals surface area contributed by atoms with Gasteiger partial charge in [0, 0.05) is 5.69 Å². The number of hydrogen-bond acceptors (Lipinski definition) is 7. The van der Waals surface area contributed by atoms with Crippen LogP contribution in [-0.2, 0) is 14.4 Å². The number of nitrogens with zero attached hydrogens (tertiary/aromatic N) is 1. The summed E-state index contributed by atoms with van der Waals surface area (Å²) in [7, 11) is 0. The molecule has 0 radical (unpaired) electrons. The number of halogens is 1. The van der Waals surface area contributed by atoms with Crippen LogP contribution >= 0.6 is 22.6 Å². The van der Waals surface area contributed by atoms with E-state index in [0.717, 1.165) is 5.56 Å². The quantitative estimate of drug-likeness (QED) is 0.122. The summed E-state index contributed by atoms with van der Waals surface area (Å²) >= 11 is 2.06. The number of carbonyl (C=O) groups is 3. The smallest absolute Gasteiger partial charge is 0.329 e. The Labute approximate surface area is 240 Å². The van der Waals surface area contributed by atoms with Crippen molar-refractivity contribution in [2.24, 2.45) is 5.10 Å². The molecule has 0 aliphatic rings. The van der Waals surface area contributed by atoms with Gasteiger partial charge in [0.15, 0.2) is 18.1 Å². The number of rotatable bonds is 11. The number of carbonyl (C=O) groups excluding carboxylic acids is 3. The maximum atomic E-state index is 12.4. The van der Waals surface area contributed by atoms with E-state index < -0.39 is 11.8 Å². The minimum absolute atomic E-state index is 0.213. The molecule has 0 atom stereocenters. The normalized spacial score (nSPS) is 10.6. The Kier molecular flexibility index (Phi) is 11.1. The molecule has 0 heterocycles. The van der Waals surface area contributed by atoms with Crippen molar-refractivity contribution in [3.05, 3.63) is 75.4 Å². The average molecular weight is 644 g/mol. The van der Waals surface area contributed by atoms with Gasteiger partial charge in [-0.25, -0.2) is 5.43 Å². The van der Waals surface area contributed by atoms with Gasteiger partial charge in [-0.05, 0) is 90.9 Å². The molecule has 0 fully saturated rings. The van der Waals surface area contributed by atoms with Crippen molar-refractivity contribution in [3.8, 4) is 17.2 Å². The van der Waals surface area contributed by atoms with E-state index in [-0.39, 0.29) is 12.5 Å². The predicted molar refractivity (Wildman–Crippen MR) is 158 cm³/mol. The third-order valence-corrected chi connectivity index (χ3v) is 5.80. The van der Waals surface area contributed by atoms with Crippen molar-refractivity contribution in [3.63, 3.8) is 0 Å². The van der Waals surface area contributed by atoms with E-state index in [1.165, 1.54) is 6.21 Å². The second-order valence-electron chi connectivity index (χ2n) is 8.05. The van der Waals surface area contributed by atoms with E-state index in [0.29, 0.717) is 51.0 Å². The van der Waals surface area contributed by atoms with Gasteiger partial charge >= 0.3 is 11.8 Å². The predicted octanol–water partition coefficient (Wildman–Crippen LogP) is 4.50. The van der Waals surface area contributed by atoms with Gasteiger partial charge in [-0.15, -0.1) is 0 Å². The third kappa shape index (κ3) is 8.99. The molecule has 3 aromatic carbocycles. The summed E-state index contributed by atoms with van der Waals surface area (Å²) < 4.78 is 17.6. The number of para-hydroxylation sites is 2. The molecule has 0 unspecified atom stereocenters. The zero-order chi connectivity index (χ0) is 28.2. The minimum atomic E-state index is -0.947. The van der Waals surface area contributed by atoms with E-state index >= 15 is 0 Å².